The lowest BCUT2D eigenvalue weighted by molar-refractivity contribution is 0.442. The summed E-state index contributed by atoms with van der Waals surface area (Å²) >= 11 is 0. The third-order valence-corrected chi connectivity index (χ3v) is 3.68. The molecule has 0 atom stereocenters. The second kappa shape index (κ2) is 7.69. The third-order valence-electron chi connectivity index (χ3n) is 3.07. The van der Waals surface area contributed by atoms with E-state index < -0.39 is 10.0 Å². The van der Waals surface area contributed by atoms with Crippen LogP contribution in [-0.2, 0) is 10.0 Å². The van der Waals surface area contributed by atoms with Gasteiger partial charge in [-0.3, -0.25) is 4.72 Å². The van der Waals surface area contributed by atoms with Gasteiger partial charge in [-0.1, -0.05) is 27.7 Å². The first-order valence-electron chi connectivity index (χ1n) is 7.50. The molecule has 0 saturated carbocycles. The molecule has 1 rings (SSSR count). The Bertz CT molecular complexity index is 512. The number of hydrogen-bond donors (Lipinski definition) is 2. The SMILES string of the molecule is CC(C)CC(CC(C)C)Nc1ccc(NS(C)(=O)=O)cc1. The van der Waals surface area contributed by atoms with Crippen LogP contribution >= 0.6 is 0 Å². The van der Waals surface area contributed by atoms with E-state index in [9.17, 15) is 8.42 Å². The van der Waals surface area contributed by atoms with E-state index in [1.807, 2.05) is 12.1 Å². The van der Waals surface area contributed by atoms with Gasteiger partial charge in [-0.05, 0) is 48.9 Å². The lowest BCUT2D eigenvalue weighted by Gasteiger charge is -2.23. The van der Waals surface area contributed by atoms with Crippen LogP contribution < -0.4 is 10.0 Å². The number of benzene rings is 1. The predicted molar refractivity (Wildman–Crippen MR) is 91.2 cm³/mol. The van der Waals surface area contributed by atoms with E-state index in [0.717, 1.165) is 24.8 Å². The Balaban J connectivity index is 2.71. The number of anilines is 2. The van der Waals surface area contributed by atoms with Crippen molar-refractivity contribution >= 4 is 21.4 Å². The van der Waals surface area contributed by atoms with Gasteiger partial charge in [-0.2, -0.15) is 0 Å². The van der Waals surface area contributed by atoms with Crippen molar-refractivity contribution in [1.82, 2.24) is 0 Å². The lowest BCUT2D eigenvalue weighted by Crippen LogP contribution is -2.23. The highest BCUT2D eigenvalue weighted by Gasteiger charge is 2.13. The van der Waals surface area contributed by atoms with Crippen LogP contribution in [0.3, 0.4) is 0 Å². The van der Waals surface area contributed by atoms with E-state index in [1.54, 1.807) is 12.1 Å². The first-order chi connectivity index (χ1) is 9.65. The van der Waals surface area contributed by atoms with Gasteiger partial charge in [-0.25, -0.2) is 8.42 Å². The quantitative estimate of drug-likeness (QED) is 0.764. The molecule has 0 fully saturated rings. The van der Waals surface area contributed by atoms with E-state index in [4.69, 9.17) is 0 Å². The molecule has 0 aliphatic carbocycles. The molecular weight excluding hydrogens is 284 g/mol. The average molecular weight is 312 g/mol. The molecule has 0 heterocycles. The zero-order valence-electron chi connectivity index (χ0n) is 13.7. The summed E-state index contributed by atoms with van der Waals surface area (Å²) < 4.78 is 24.8. The summed E-state index contributed by atoms with van der Waals surface area (Å²) in [7, 11) is -3.22. The zero-order valence-corrected chi connectivity index (χ0v) is 14.5. The first-order valence-corrected chi connectivity index (χ1v) is 9.39. The minimum Gasteiger partial charge on any atom is -0.382 e. The van der Waals surface area contributed by atoms with E-state index in [0.29, 0.717) is 23.6 Å². The molecule has 2 N–H and O–H groups in total. The maximum Gasteiger partial charge on any atom is 0.229 e. The van der Waals surface area contributed by atoms with Crippen molar-refractivity contribution in [3.05, 3.63) is 24.3 Å². The summed E-state index contributed by atoms with van der Waals surface area (Å²) in [6, 6.07) is 7.84. The molecule has 0 aromatic heterocycles. The van der Waals surface area contributed by atoms with Crippen molar-refractivity contribution in [2.45, 2.75) is 46.6 Å². The van der Waals surface area contributed by atoms with Crippen molar-refractivity contribution < 1.29 is 8.42 Å². The molecule has 1 aromatic rings. The van der Waals surface area contributed by atoms with Gasteiger partial charge in [0, 0.05) is 17.4 Å². The molecule has 4 nitrogen and oxygen atoms in total. The van der Waals surface area contributed by atoms with E-state index >= 15 is 0 Å². The fourth-order valence-corrected chi connectivity index (χ4v) is 3.00. The van der Waals surface area contributed by atoms with Crippen LogP contribution in [0.1, 0.15) is 40.5 Å². The summed E-state index contributed by atoms with van der Waals surface area (Å²) in [4.78, 5) is 0. The molecule has 1 aromatic carbocycles. The van der Waals surface area contributed by atoms with E-state index in [-0.39, 0.29) is 0 Å². The van der Waals surface area contributed by atoms with Gasteiger partial charge in [0.15, 0.2) is 0 Å². The largest absolute Gasteiger partial charge is 0.382 e. The van der Waals surface area contributed by atoms with Crippen molar-refractivity contribution in [3.63, 3.8) is 0 Å². The Morgan fingerprint density at radius 2 is 1.33 bits per heavy atom. The van der Waals surface area contributed by atoms with Gasteiger partial charge >= 0.3 is 0 Å². The van der Waals surface area contributed by atoms with Crippen LogP contribution in [0.4, 0.5) is 11.4 Å². The van der Waals surface area contributed by atoms with Crippen LogP contribution in [-0.4, -0.2) is 20.7 Å². The molecule has 0 amide bonds. The van der Waals surface area contributed by atoms with Gasteiger partial charge in [0.25, 0.3) is 0 Å². The monoisotopic (exact) mass is 312 g/mol. The average Bonchev–Trinajstić information content (AvgIpc) is 2.28. The smallest absolute Gasteiger partial charge is 0.229 e. The van der Waals surface area contributed by atoms with E-state index in [1.165, 1.54) is 0 Å². The summed E-state index contributed by atoms with van der Waals surface area (Å²) in [5.74, 6) is 1.29. The number of rotatable bonds is 8. The summed E-state index contributed by atoms with van der Waals surface area (Å²) in [6.45, 7) is 8.92. The molecule has 21 heavy (non-hydrogen) atoms. The van der Waals surface area contributed by atoms with Gasteiger partial charge in [0.05, 0.1) is 6.26 Å². The fourth-order valence-electron chi connectivity index (χ4n) is 2.44. The molecule has 0 unspecified atom stereocenters. The summed E-state index contributed by atoms with van der Waals surface area (Å²) in [6.07, 6.45) is 3.41. The Kier molecular flexibility index (Phi) is 6.52. The highest BCUT2D eigenvalue weighted by Crippen LogP contribution is 2.20. The van der Waals surface area contributed by atoms with Gasteiger partial charge in [-0.15, -0.1) is 0 Å². The maximum atomic E-state index is 11.2. The van der Waals surface area contributed by atoms with Crippen LogP contribution in [0, 0.1) is 11.8 Å². The van der Waals surface area contributed by atoms with Crippen molar-refractivity contribution in [1.29, 1.82) is 0 Å². The number of nitrogens with one attached hydrogen (secondary N) is 2. The molecule has 0 saturated heterocycles. The molecular formula is C16H28N2O2S. The summed E-state index contributed by atoms with van der Waals surface area (Å²) in [5.41, 5.74) is 1.62. The summed E-state index contributed by atoms with van der Waals surface area (Å²) in [5, 5.41) is 3.55. The van der Waals surface area contributed by atoms with Gasteiger partial charge < -0.3 is 5.32 Å². The van der Waals surface area contributed by atoms with Crippen molar-refractivity contribution in [2.24, 2.45) is 11.8 Å². The Labute approximate surface area is 129 Å². The minimum absolute atomic E-state index is 0.443. The Morgan fingerprint density at radius 1 is 0.905 bits per heavy atom. The molecule has 0 bridgehead atoms. The topological polar surface area (TPSA) is 58.2 Å². The first kappa shape index (κ1) is 17.8. The normalized spacial score (nSPS) is 12.2. The van der Waals surface area contributed by atoms with Crippen molar-refractivity contribution in [3.8, 4) is 0 Å². The zero-order chi connectivity index (χ0) is 16.0. The van der Waals surface area contributed by atoms with E-state index in [2.05, 4.69) is 37.7 Å². The molecule has 5 heteroatoms. The maximum absolute atomic E-state index is 11.2. The van der Waals surface area contributed by atoms with Crippen LogP contribution in [0.25, 0.3) is 0 Å². The minimum atomic E-state index is -3.22. The Morgan fingerprint density at radius 3 is 1.71 bits per heavy atom. The van der Waals surface area contributed by atoms with Gasteiger partial charge in [0.2, 0.25) is 10.0 Å². The van der Waals surface area contributed by atoms with Crippen LogP contribution in [0.5, 0.6) is 0 Å². The number of hydrogen-bond acceptors (Lipinski definition) is 3. The second-order valence-electron chi connectivity index (χ2n) is 6.55. The van der Waals surface area contributed by atoms with Crippen LogP contribution in [0.2, 0.25) is 0 Å². The second-order valence-corrected chi connectivity index (χ2v) is 8.30. The van der Waals surface area contributed by atoms with Gasteiger partial charge in [0.1, 0.15) is 0 Å². The lowest BCUT2D eigenvalue weighted by atomic mass is 9.95. The van der Waals surface area contributed by atoms with Crippen LogP contribution in [0.15, 0.2) is 24.3 Å². The fraction of sp³-hybridized carbons (Fsp3) is 0.625. The third kappa shape index (κ3) is 7.95. The molecule has 0 spiro atoms. The molecule has 0 aliphatic heterocycles. The molecule has 0 radical (unpaired) electrons. The highest BCUT2D eigenvalue weighted by atomic mass is 32.2. The molecule has 0 aliphatic rings. The number of sulfonamides is 1. The molecule has 120 valence electrons. The Hall–Kier alpha value is -1.23. The van der Waals surface area contributed by atoms with Crippen molar-refractivity contribution in [2.75, 3.05) is 16.3 Å². The standard InChI is InChI=1S/C16H28N2O2S/c1-12(2)10-16(11-13(3)4)17-14-6-8-15(9-7-14)18-21(5,19)20/h6-9,12-13,16-18H,10-11H2,1-5H3. The highest BCUT2D eigenvalue weighted by molar-refractivity contribution is 7.92. The predicted octanol–water partition coefficient (Wildman–Crippen LogP) is 3.93.